The number of nitrogens with one attached hydrogen (secondary N) is 2. The summed E-state index contributed by atoms with van der Waals surface area (Å²) in [5.74, 6) is 1.68. The molecule has 0 saturated heterocycles. The van der Waals surface area contributed by atoms with Crippen LogP contribution in [0.3, 0.4) is 0 Å². The minimum atomic E-state index is -0.0269. The number of hydrogen-bond donors (Lipinski definition) is 2. The largest absolute Gasteiger partial charge is 0.495 e. The Morgan fingerprint density at radius 1 is 1.07 bits per heavy atom. The second kappa shape index (κ2) is 8.97. The van der Waals surface area contributed by atoms with Gasteiger partial charge in [-0.15, -0.1) is 0 Å². The SMILES string of the molecule is COc1cncc(Nc2ncc(C)c(Nc3cccc(C(=O)C=C(C)C)c3)n2)c1. The average Bonchev–Trinajstić information content (AvgIpc) is 2.70. The molecule has 0 atom stereocenters. The maximum absolute atomic E-state index is 12.3. The molecule has 1 aromatic carbocycles. The molecule has 0 unspecified atom stereocenters. The van der Waals surface area contributed by atoms with Crippen LogP contribution in [0, 0.1) is 6.92 Å². The number of aromatic nitrogens is 3. The summed E-state index contributed by atoms with van der Waals surface area (Å²) in [6.45, 7) is 5.71. The third kappa shape index (κ3) is 5.38. The minimum absolute atomic E-state index is 0.0269. The number of methoxy groups -OCH3 is 1. The highest BCUT2D eigenvalue weighted by Gasteiger charge is 2.08. The van der Waals surface area contributed by atoms with Gasteiger partial charge in [0, 0.05) is 29.1 Å². The van der Waals surface area contributed by atoms with Crippen LogP contribution in [-0.2, 0) is 0 Å². The zero-order valence-corrected chi connectivity index (χ0v) is 16.9. The molecule has 7 heteroatoms. The molecule has 2 aromatic heterocycles. The summed E-state index contributed by atoms with van der Waals surface area (Å²) in [6.07, 6.45) is 6.64. The molecule has 0 radical (unpaired) electrons. The first-order valence-electron chi connectivity index (χ1n) is 9.10. The summed E-state index contributed by atoms with van der Waals surface area (Å²) in [7, 11) is 1.58. The van der Waals surface area contributed by atoms with Crippen molar-refractivity contribution in [1.29, 1.82) is 0 Å². The first kappa shape index (κ1) is 20.0. The predicted octanol–water partition coefficient (Wildman–Crippen LogP) is 4.82. The second-order valence-electron chi connectivity index (χ2n) is 6.76. The maximum atomic E-state index is 12.3. The number of benzene rings is 1. The third-order valence-corrected chi connectivity index (χ3v) is 4.01. The molecule has 0 aliphatic heterocycles. The molecule has 0 amide bonds. The van der Waals surface area contributed by atoms with Gasteiger partial charge in [-0.25, -0.2) is 4.98 Å². The lowest BCUT2D eigenvalue weighted by atomic mass is 10.1. The van der Waals surface area contributed by atoms with E-state index >= 15 is 0 Å². The Kier molecular flexibility index (Phi) is 6.19. The number of carbonyl (C=O) groups excluding carboxylic acids is 1. The molecule has 148 valence electrons. The first-order valence-corrected chi connectivity index (χ1v) is 9.10. The van der Waals surface area contributed by atoms with E-state index < -0.39 is 0 Å². The number of nitrogens with zero attached hydrogens (tertiary/aromatic N) is 3. The van der Waals surface area contributed by atoms with Crippen LogP contribution in [0.4, 0.5) is 23.1 Å². The Hall–Kier alpha value is -3.74. The summed E-state index contributed by atoms with van der Waals surface area (Å²) >= 11 is 0. The minimum Gasteiger partial charge on any atom is -0.495 e. The van der Waals surface area contributed by atoms with Crippen molar-refractivity contribution >= 4 is 28.9 Å². The van der Waals surface area contributed by atoms with E-state index in [1.807, 2.05) is 45.0 Å². The van der Waals surface area contributed by atoms with E-state index in [1.54, 1.807) is 37.8 Å². The summed E-state index contributed by atoms with van der Waals surface area (Å²) in [6, 6.07) is 9.14. The number of pyridine rings is 1. The molecule has 0 bridgehead atoms. The number of carbonyl (C=O) groups is 1. The highest BCUT2D eigenvalue weighted by atomic mass is 16.5. The third-order valence-electron chi connectivity index (χ3n) is 4.01. The maximum Gasteiger partial charge on any atom is 0.229 e. The van der Waals surface area contributed by atoms with E-state index in [0.29, 0.717) is 28.8 Å². The Bertz CT molecular complexity index is 1060. The normalized spacial score (nSPS) is 10.2. The zero-order chi connectivity index (χ0) is 20.8. The van der Waals surface area contributed by atoms with E-state index in [1.165, 1.54) is 0 Å². The van der Waals surface area contributed by atoms with Crippen LogP contribution >= 0.6 is 0 Å². The number of ketones is 1. The molecule has 29 heavy (non-hydrogen) atoms. The van der Waals surface area contributed by atoms with Crippen LogP contribution in [-0.4, -0.2) is 27.8 Å². The second-order valence-corrected chi connectivity index (χ2v) is 6.76. The zero-order valence-electron chi connectivity index (χ0n) is 16.9. The summed E-state index contributed by atoms with van der Waals surface area (Å²) in [4.78, 5) is 25.3. The molecule has 3 rings (SSSR count). The van der Waals surface area contributed by atoms with Gasteiger partial charge in [0.1, 0.15) is 11.6 Å². The highest BCUT2D eigenvalue weighted by Crippen LogP contribution is 2.23. The molecule has 7 nitrogen and oxygen atoms in total. The first-order chi connectivity index (χ1) is 13.9. The lowest BCUT2D eigenvalue weighted by Crippen LogP contribution is -2.04. The van der Waals surface area contributed by atoms with Crippen molar-refractivity contribution < 1.29 is 9.53 Å². The Balaban J connectivity index is 1.82. The molecule has 2 N–H and O–H groups in total. The predicted molar refractivity (Wildman–Crippen MR) is 114 cm³/mol. The van der Waals surface area contributed by atoms with E-state index in [-0.39, 0.29) is 5.78 Å². The van der Waals surface area contributed by atoms with Gasteiger partial charge in [0.05, 0.1) is 25.2 Å². The number of ether oxygens (including phenoxy) is 1. The Morgan fingerprint density at radius 2 is 1.90 bits per heavy atom. The quantitative estimate of drug-likeness (QED) is 0.442. The summed E-state index contributed by atoms with van der Waals surface area (Å²) in [5, 5.41) is 6.38. The topological polar surface area (TPSA) is 89.0 Å². The van der Waals surface area contributed by atoms with Crippen LogP contribution in [0.2, 0.25) is 0 Å². The fourth-order valence-electron chi connectivity index (χ4n) is 2.59. The standard InChI is InChI=1S/C22H23N5O2/c1-14(2)8-20(28)16-6-5-7-17(9-16)25-21-15(3)11-24-22(27-21)26-18-10-19(29-4)13-23-12-18/h5-13H,1-4H3,(H2,24,25,26,27). The average molecular weight is 389 g/mol. The number of hydrogen-bond acceptors (Lipinski definition) is 7. The van der Waals surface area contributed by atoms with Crippen molar-refractivity contribution in [3.8, 4) is 5.75 Å². The van der Waals surface area contributed by atoms with Crippen molar-refractivity contribution in [2.24, 2.45) is 0 Å². The molecule has 3 aromatic rings. The van der Waals surface area contributed by atoms with Crippen LogP contribution in [0.1, 0.15) is 29.8 Å². The molecule has 0 aliphatic carbocycles. The van der Waals surface area contributed by atoms with Crippen LogP contribution in [0.5, 0.6) is 5.75 Å². The van der Waals surface area contributed by atoms with Crippen LogP contribution in [0.25, 0.3) is 0 Å². The van der Waals surface area contributed by atoms with Gasteiger partial charge in [-0.3, -0.25) is 9.78 Å². The number of anilines is 4. The van der Waals surface area contributed by atoms with Crippen molar-refractivity contribution in [3.63, 3.8) is 0 Å². The number of rotatable bonds is 7. The molecule has 2 heterocycles. The van der Waals surface area contributed by atoms with Gasteiger partial charge in [-0.1, -0.05) is 17.7 Å². The summed E-state index contributed by atoms with van der Waals surface area (Å²) in [5.41, 5.74) is 3.94. The van der Waals surface area contributed by atoms with Gasteiger partial charge >= 0.3 is 0 Å². The van der Waals surface area contributed by atoms with Crippen molar-refractivity contribution in [1.82, 2.24) is 15.0 Å². The van der Waals surface area contributed by atoms with E-state index in [2.05, 4.69) is 25.6 Å². The van der Waals surface area contributed by atoms with Gasteiger partial charge in [0.25, 0.3) is 0 Å². The van der Waals surface area contributed by atoms with Gasteiger partial charge in [-0.05, 0) is 39.0 Å². The Morgan fingerprint density at radius 3 is 2.66 bits per heavy atom. The fraction of sp³-hybridized carbons (Fsp3) is 0.182. The molecule has 0 spiro atoms. The van der Waals surface area contributed by atoms with Gasteiger partial charge in [0.15, 0.2) is 5.78 Å². The van der Waals surface area contributed by atoms with Crippen LogP contribution < -0.4 is 15.4 Å². The molecule has 0 aliphatic rings. The van der Waals surface area contributed by atoms with Gasteiger partial charge < -0.3 is 15.4 Å². The monoisotopic (exact) mass is 389 g/mol. The molecular formula is C22H23N5O2. The fourth-order valence-corrected chi connectivity index (χ4v) is 2.59. The van der Waals surface area contributed by atoms with E-state index in [9.17, 15) is 4.79 Å². The molecule has 0 fully saturated rings. The lowest BCUT2D eigenvalue weighted by molar-refractivity contribution is 0.104. The van der Waals surface area contributed by atoms with Gasteiger partial charge in [-0.2, -0.15) is 4.98 Å². The van der Waals surface area contributed by atoms with Crippen molar-refractivity contribution in [2.45, 2.75) is 20.8 Å². The van der Waals surface area contributed by atoms with E-state index in [0.717, 1.165) is 16.8 Å². The van der Waals surface area contributed by atoms with E-state index in [4.69, 9.17) is 4.74 Å². The molecule has 0 saturated carbocycles. The summed E-state index contributed by atoms with van der Waals surface area (Å²) < 4.78 is 5.18. The van der Waals surface area contributed by atoms with Gasteiger partial charge in [0.2, 0.25) is 5.95 Å². The molecular weight excluding hydrogens is 366 g/mol. The van der Waals surface area contributed by atoms with Crippen molar-refractivity contribution in [2.75, 3.05) is 17.7 Å². The van der Waals surface area contributed by atoms with Crippen LogP contribution in [0.15, 0.2) is 60.6 Å². The highest BCUT2D eigenvalue weighted by molar-refractivity contribution is 6.05. The number of allylic oxidation sites excluding steroid dienone is 2. The van der Waals surface area contributed by atoms with Crippen molar-refractivity contribution in [3.05, 3.63) is 71.7 Å². The number of aryl methyl sites for hydroxylation is 1. The lowest BCUT2D eigenvalue weighted by Gasteiger charge is -2.12. The Labute approximate surface area is 169 Å². The smallest absolute Gasteiger partial charge is 0.229 e.